The summed E-state index contributed by atoms with van der Waals surface area (Å²) in [6.07, 6.45) is 1.21. The van der Waals surface area contributed by atoms with Crippen molar-refractivity contribution in [1.82, 2.24) is 4.90 Å². The van der Waals surface area contributed by atoms with Crippen molar-refractivity contribution in [3.8, 4) is 0 Å². The third-order valence-corrected chi connectivity index (χ3v) is 7.03. The molecule has 1 spiro atoms. The van der Waals surface area contributed by atoms with Crippen LogP contribution in [0.2, 0.25) is 5.02 Å². The summed E-state index contributed by atoms with van der Waals surface area (Å²) in [6.45, 7) is 0.955. The first kappa shape index (κ1) is 20.1. The van der Waals surface area contributed by atoms with Gasteiger partial charge < -0.3 is 14.5 Å². The summed E-state index contributed by atoms with van der Waals surface area (Å²) < 4.78 is 5.15. The van der Waals surface area contributed by atoms with Crippen molar-refractivity contribution < 1.29 is 19.1 Å². The summed E-state index contributed by atoms with van der Waals surface area (Å²) in [7, 11) is 0. The molecule has 2 atom stereocenters. The van der Waals surface area contributed by atoms with E-state index >= 15 is 0 Å². The van der Waals surface area contributed by atoms with E-state index in [1.54, 1.807) is 4.90 Å². The second kappa shape index (κ2) is 7.68. The number of carbonyl (C=O) groups is 3. The molecule has 7 heteroatoms. The predicted octanol–water partition coefficient (Wildman–Crippen LogP) is 3.74. The Morgan fingerprint density at radius 1 is 1.00 bits per heavy atom. The van der Waals surface area contributed by atoms with Gasteiger partial charge in [-0.1, -0.05) is 41.9 Å². The van der Waals surface area contributed by atoms with Crippen LogP contribution in [0, 0.1) is 5.41 Å². The Hall–Kier alpha value is -2.86. The molecule has 0 aromatic heterocycles. The van der Waals surface area contributed by atoms with Crippen LogP contribution < -0.4 is 4.90 Å². The van der Waals surface area contributed by atoms with Gasteiger partial charge in [-0.05, 0) is 42.7 Å². The van der Waals surface area contributed by atoms with Crippen LogP contribution in [0.3, 0.4) is 0 Å². The number of ether oxygens (including phenoxy) is 1. The van der Waals surface area contributed by atoms with Gasteiger partial charge in [0.2, 0.25) is 5.91 Å². The average molecular weight is 439 g/mol. The molecule has 3 aliphatic rings. The minimum absolute atomic E-state index is 0.0954. The molecule has 2 aromatic rings. The first-order chi connectivity index (χ1) is 15.0. The number of hydrogen-bond donors (Lipinski definition) is 0. The Balaban J connectivity index is 1.40. The van der Waals surface area contributed by atoms with Crippen LogP contribution in [-0.4, -0.2) is 41.9 Å². The zero-order valence-corrected chi connectivity index (χ0v) is 17.8. The fourth-order valence-electron chi connectivity index (χ4n) is 5.14. The number of β-lactam (4-membered cyclic amide) rings is 1. The number of carbonyl (C=O) groups excluding carboxylic acids is 3. The maximum absolute atomic E-state index is 13.5. The van der Waals surface area contributed by atoms with Crippen LogP contribution in [0.1, 0.15) is 37.3 Å². The minimum atomic E-state index is -0.675. The smallest absolute Gasteiger partial charge is 0.306 e. The zero-order valence-electron chi connectivity index (χ0n) is 17.0. The Morgan fingerprint density at radius 3 is 2.29 bits per heavy atom. The van der Waals surface area contributed by atoms with Gasteiger partial charge in [0.15, 0.2) is 6.10 Å². The van der Waals surface area contributed by atoms with Crippen molar-refractivity contribution in [1.29, 1.82) is 0 Å². The molecule has 1 unspecified atom stereocenters. The van der Waals surface area contributed by atoms with E-state index in [9.17, 15) is 14.4 Å². The molecule has 0 bridgehead atoms. The van der Waals surface area contributed by atoms with Crippen molar-refractivity contribution in [2.24, 2.45) is 5.41 Å². The van der Waals surface area contributed by atoms with E-state index in [4.69, 9.17) is 16.3 Å². The van der Waals surface area contributed by atoms with Crippen molar-refractivity contribution in [2.45, 2.75) is 37.8 Å². The van der Waals surface area contributed by atoms with E-state index in [1.165, 1.54) is 0 Å². The number of cyclic esters (lactones) is 1. The number of benzene rings is 2. The van der Waals surface area contributed by atoms with Crippen LogP contribution >= 0.6 is 11.6 Å². The lowest BCUT2D eigenvalue weighted by Crippen LogP contribution is -2.67. The van der Waals surface area contributed by atoms with E-state index in [0.29, 0.717) is 37.4 Å². The number of para-hydroxylation sites is 1. The molecule has 2 aromatic carbocycles. The topological polar surface area (TPSA) is 66.9 Å². The summed E-state index contributed by atoms with van der Waals surface area (Å²) >= 11 is 6.10. The van der Waals surface area contributed by atoms with Gasteiger partial charge in [-0.25, -0.2) is 0 Å². The van der Waals surface area contributed by atoms with Gasteiger partial charge in [0.25, 0.3) is 5.91 Å². The molecule has 0 aliphatic carbocycles. The van der Waals surface area contributed by atoms with Crippen molar-refractivity contribution in [3.05, 3.63) is 65.2 Å². The van der Waals surface area contributed by atoms with Gasteiger partial charge in [-0.2, -0.15) is 0 Å². The normalized spacial score (nSPS) is 24.8. The average Bonchev–Trinajstić information content (AvgIpc) is 3.24. The lowest BCUT2D eigenvalue weighted by atomic mass is 9.62. The highest BCUT2D eigenvalue weighted by Gasteiger charge is 2.62. The maximum atomic E-state index is 13.5. The summed E-state index contributed by atoms with van der Waals surface area (Å²) in [6, 6.07) is 17.2. The van der Waals surface area contributed by atoms with Crippen LogP contribution in [-0.2, 0) is 19.1 Å². The van der Waals surface area contributed by atoms with Crippen LogP contribution in [0.4, 0.5) is 5.69 Å². The van der Waals surface area contributed by atoms with E-state index in [2.05, 4.69) is 0 Å². The van der Waals surface area contributed by atoms with E-state index in [0.717, 1.165) is 11.3 Å². The molecule has 5 rings (SSSR count). The number of hydrogen-bond acceptors (Lipinski definition) is 4. The van der Waals surface area contributed by atoms with E-state index in [-0.39, 0.29) is 30.2 Å². The first-order valence-corrected chi connectivity index (χ1v) is 11.0. The number of amides is 2. The number of likely N-dealkylation sites (tertiary alicyclic amines) is 1. The van der Waals surface area contributed by atoms with Gasteiger partial charge >= 0.3 is 5.97 Å². The van der Waals surface area contributed by atoms with Crippen molar-refractivity contribution in [2.75, 3.05) is 18.0 Å². The Labute approximate surface area is 185 Å². The highest BCUT2D eigenvalue weighted by molar-refractivity contribution is 6.30. The Bertz CT molecular complexity index is 1020. The molecule has 31 heavy (non-hydrogen) atoms. The zero-order chi connectivity index (χ0) is 21.6. The summed E-state index contributed by atoms with van der Waals surface area (Å²) in [5.41, 5.74) is 1.36. The summed E-state index contributed by atoms with van der Waals surface area (Å²) in [4.78, 5) is 41.2. The van der Waals surface area contributed by atoms with Gasteiger partial charge in [0.05, 0.1) is 11.5 Å². The lowest BCUT2D eigenvalue weighted by molar-refractivity contribution is -0.157. The standard InChI is InChI=1S/C24H23ClN2O4/c25-17-8-6-16(7-9-17)21-24(23(30)27(21)18-4-2-1-3-5-18)12-14-26(15-13-24)22(29)19-10-11-20(28)31-19/h1-9,19,21H,10-15H2/t19-,21?/m0/s1. The molecule has 0 saturated carbocycles. The predicted molar refractivity (Wildman–Crippen MR) is 115 cm³/mol. The number of anilines is 1. The molecule has 3 heterocycles. The molecule has 6 nitrogen and oxygen atoms in total. The van der Waals surface area contributed by atoms with Crippen molar-refractivity contribution in [3.63, 3.8) is 0 Å². The van der Waals surface area contributed by atoms with E-state index < -0.39 is 11.5 Å². The Morgan fingerprint density at radius 2 is 1.68 bits per heavy atom. The molecular weight excluding hydrogens is 416 g/mol. The van der Waals surface area contributed by atoms with Crippen LogP contribution in [0.5, 0.6) is 0 Å². The number of rotatable bonds is 3. The number of nitrogens with zero attached hydrogens (tertiary/aromatic N) is 2. The second-order valence-corrected chi connectivity index (χ2v) is 8.90. The number of piperidine rings is 1. The highest BCUT2D eigenvalue weighted by atomic mass is 35.5. The fourth-order valence-corrected chi connectivity index (χ4v) is 5.27. The Kier molecular flexibility index (Phi) is 4.97. The molecule has 0 radical (unpaired) electrons. The monoisotopic (exact) mass is 438 g/mol. The molecule has 2 amide bonds. The molecule has 3 fully saturated rings. The largest absolute Gasteiger partial charge is 0.452 e. The van der Waals surface area contributed by atoms with Gasteiger partial charge in [0, 0.05) is 36.6 Å². The molecule has 3 saturated heterocycles. The van der Waals surface area contributed by atoms with Crippen LogP contribution in [0.25, 0.3) is 0 Å². The van der Waals surface area contributed by atoms with Crippen LogP contribution in [0.15, 0.2) is 54.6 Å². The number of halogens is 1. The molecule has 160 valence electrons. The maximum Gasteiger partial charge on any atom is 0.306 e. The third kappa shape index (κ3) is 3.30. The third-order valence-electron chi connectivity index (χ3n) is 6.77. The van der Waals surface area contributed by atoms with Gasteiger partial charge in [-0.3, -0.25) is 14.4 Å². The quantitative estimate of drug-likeness (QED) is 0.540. The van der Waals surface area contributed by atoms with Gasteiger partial charge in [0.1, 0.15) is 0 Å². The second-order valence-electron chi connectivity index (χ2n) is 8.46. The van der Waals surface area contributed by atoms with Crippen molar-refractivity contribution >= 4 is 35.1 Å². The summed E-state index contributed by atoms with van der Waals surface area (Å²) in [5, 5.41) is 0.654. The highest BCUT2D eigenvalue weighted by Crippen LogP contribution is 2.57. The SMILES string of the molecule is O=C1CC[C@@H](C(=O)N2CCC3(CC2)C(=O)N(c2ccccc2)C3c2ccc(Cl)cc2)O1. The first-order valence-electron chi connectivity index (χ1n) is 10.6. The number of esters is 1. The van der Waals surface area contributed by atoms with E-state index in [1.807, 2.05) is 59.5 Å². The minimum Gasteiger partial charge on any atom is -0.452 e. The summed E-state index contributed by atoms with van der Waals surface area (Å²) in [5.74, 6) is -0.365. The molecule has 0 N–H and O–H groups in total. The fraction of sp³-hybridized carbons (Fsp3) is 0.375. The lowest BCUT2D eigenvalue weighted by Gasteiger charge is -2.59. The molecule has 3 aliphatic heterocycles. The molecular formula is C24H23ClN2O4. The van der Waals surface area contributed by atoms with Gasteiger partial charge in [-0.15, -0.1) is 0 Å².